The Balaban J connectivity index is 2.13. The number of aromatic nitrogens is 2. The molecular formula is C12H21N3O2S. The first-order valence-corrected chi connectivity index (χ1v) is 8.28. The van der Waals surface area contributed by atoms with Gasteiger partial charge in [-0.1, -0.05) is 13.3 Å². The maximum Gasteiger partial charge on any atom is 0.154 e. The minimum absolute atomic E-state index is 0.0357. The van der Waals surface area contributed by atoms with Gasteiger partial charge in [0.2, 0.25) is 0 Å². The van der Waals surface area contributed by atoms with Gasteiger partial charge < -0.3 is 10.3 Å². The number of sulfone groups is 1. The molecule has 1 aromatic heterocycles. The van der Waals surface area contributed by atoms with E-state index >= 15 is 0 Å². The van der Waals surface area contributed by atoms with Crippen molar-refractivity contribution in [2.24, 2.45) is 0 Å². The fourth-order valence-corrected chi connectivity index (χ4v) is 4.77. The van der Waals surface area contributed by atoms with Crippen LogP contribution in [0.5, 0.6) is 0 Å². The lowest BCUT2D eigenvalue weighted by atomic mass is 10.0. The van der Waals surface area contributed by atoms with Crippen molar-refractivity contribution >= 4 is 9.84 Å². The van der Waals surface area contributed by atoms with E-state index in [1.807, 2.05) is 6.92 Å². The molecule has 1 saturated heterocycles. The lowest BCUT2D eigenvalue weighted by Gasteiger charge is -2.30. The number of rotatable bonds is 5. The van der Waals surface area contributed by atoms with E-state index in [1.165, 1.54) is 0 Å². The van der Waals surface area contributed by atoms with Crippen molar-refractivity contribution in [3.63, 3.8) is 0 Å². The molecule has 0 aliphatic carbocycles. The SMILES string of the molecule is CCNC(Cc1ncc[nH]1)C1CCCCS1(=O)=O. The molecule has 2 heterocycles. The van der Waals surface area contributed by atoms with Crippen molar-refractivity contribution in [2.75, 3.05) is 12.3 Å². The first-order valence-electron chi connectivity index (χ1n) is 6.56. The van der Waals surface area contributed by atoms with Gasteiger partial charge in [-0.2, -0.15) is 0 Å². The van der Waals surface area contributed by atoms with E-state index in [1.54, 1.807) is 12.4 Å². The zero-order valence-corrected chi connectivity index (χ0v) is 11.5. The van der Waals surface area contributed by atoms with Gasteiger partial charge in [-0.15, -0.1) is 0 Å². The second kappa shape index (κ2) is 5.84. The third-order valence-electron chi connectivity index (χ3n) is 3.51. The maximum absolute atomic E-state index is 12.2. The summed E-state index contributed by atoms with van der Waals surface area (Å²) in [5, 5.41) is 3.04. The predicted molar refractivity (Wildman–Crippen MR) is 71.2 cm³/mol. The molecule has 1 aliphatic rings. The number of imidazole rings is 1. The van der Waals surface area contributed by atoms with Gasteiger partial charge in [-0.3, -0.25) is 0 Å². The third kappa shape index (κ3) is 3.11. The Bertz CT molecular complexity index is 456. The number of hydrogen-bond donors (Lipinski definition) is 2. The highest BCUT2D eigenvalue weighted by Gasteiger charge is 2.35. The van der Waals surface area contributed by atoms with E-state index in [9.17, 15) is 8.42 Å². The summed E-state index contributed by atoms with van der Waals surface area (Å²) in [5.74, 6) is 1.18. The molecule has 0 spiro atoms. The number of nitrogens with zero attached hydrogens (tertiary/aromatic N) is 1. The largest absolute Gasteiger partial charge is 0.349 e. The van der Waals surface area contributed by atoms with Gasteiger partial charge in [0.1, 0.15) is 5.82 Å². The quantitative estimate of drug-likeness (QED) is 0.834. The molecule has 18 heavy (non-hydrogen) atoms. The molecule has 2 N–H and O–H groups in total. The molecule has 0 saturated carbocycles. The van der Waals surface area contributed by atoms with Crippen LogP contribution in [0.4, 0.5) is 0 Å². The predicted octanol–water partition coefficient (Wildman–Crippen LogP) is 0.898. The summed E-state index contributed by atoms with van der Waals surface area (Å²) in [6.45, 7) is 2.78. The standard InChI is InChI=1S/C12H21N3O2S/c1-2-13-10(9-12-14-6-7-15-12)11-5-3-4-8-18(11,16)17/h6-7,10-11,13H,2-5,8-9H2,1H3,(H,14,15). The Labute approximate surface area is 108 Å². The number of likely N-dealkylation sites (N-methyl/N-ethyl adjacent to an activating group) is 1. The van der Waals surface area contributed by atoms with Crippen molar-refractivity contribution < 1.29 is 8.42 Å². The molecule has 0 radical (unpaired) electrons. The number of H-pyrrole nitrogens is 1. The van der Waals surface area contributed by atoms with Gasteiger partial charge >= 0.3 is 0 Å². The fourth-order valence-electron chi connectivity index (χ4n) is 2.65. The molecule has 0 aromatic carbocycles. The summed E-state index contributed by atoms with van der Waals surface area (Å²) in [4.78, 5) is 7.24. The van der Waals surface area contributed by atoms with Gasteiger partial charge in [0.05, 0.1) is 11.0 Å². The number of hydrogen-bond acceptors (Lipinski definition) is 4. The molecule has 2 atom stereocenters. The molecule has 1 fully saturated rings. The van der Waals surface area contributed by atoms with Gasteiger partial charge in [-0.05, 0) is 19.4 Å². The second-order valence-electron chi connectivity index (χ2n) is 4.81. The van der Waals surface area contributed by atoms with Crippen LogP contribution in [-0.4, -0.2) is 42.0 Å². The molecule has 2 unspecified atom stereocenters. The molecule has 2 rings (SSSR count). The number of aromatic amines is 1. The summed E-state index contributed by atoms with van der Waals surface area (Å²) in [6, 6.07) is -0.0357. The smallest absolute Gasteiger partial charge is 0.154 e. The van der Waals surface area contributed by atoms with E-state index in [4.69, 9.17) is 0 Å². The summed E-state index contributed by atoms with van der Waals surface area (Å²) >= 11 is 0. The molecule has 5 nitrogen and oxygen atoms in total. The van der Waals surface area contributed by atoms with E-state index < -0.39 is 9.84 Å². The zero-order chi connectivity index (χ0) is 13.0. The van der Waals surface area contributed by atoms with Crippen molar-refractivity contribution in [1.82, 2.24) is 15.3 Å². The van der Waals surface area contributed by atoms with Gasteiger partial charge in [-0.25, -0.2) is 13.4 Å². The summed E-state index contributed by atoms with van der Waals surface area (Å²) in [5.41, 5.74) is 0. The summed E-state index contributed by atoms with van der Waals surface area (Å²) < 4.78 is 24.3. The van der Waals surface area contributed by atoms with Crippen LogP contribution in [0.3, 0.4) is 0 Å². The molecule has 6 heteroatoms. The molecule has 1 aliphatic heterocycles. The van der Waals surface area contributed by atoms with Crippen LogP contribution in [-0.2, 0) is 16.3 Å². The maximum atomic E-state index is 12.2. The zero-order valence-electron chi connectivity index (χ0n) is 10.7. The van der Waals surface area contributed by atoms with Crippen LogP contribution in [0.1, 0.15) is 32.0 Å². The van der Waals surface area contributed by atoms with E-state index in [-0.39, 0.29) is 11.3 Å². The Morgan fingerprint density at radius 1 is 1.56 bits per heavy atom. The fraction of sp³-hybridized carbons (Fsp3) is 0.750. The van der Waals surface area contributed by atoms with Crippen LogP contribution in [0.2, 0.25) is 0 Å². The highest BCUT2D eigenvalue weighted by molar-refractivity contribution is 7.92. The molecule has 102 valence electrons. The van der Waals surface area contributed by atoms with Crippen molar-refractivity contribution in [1.29, 1.82) is 0 Å². The topological polar surface area (TPSA) is 74.8 Å². The van der Waals surface area contributed by atoms with Crippen LogP contribution in [0.25, 0.3) is 0 Å². The van der Waals surface area contributed by atoms with E-state index in [0.29, 0.717) is 12.2 Å². The van der Waals surface area contributed by atoms with E-state index in [0.717, 1.165) is 31.6 Å². The first-order chi connectivity index (χ1) is 8.63. The minimum atomic E-state index is -2.95. The molecule has 0 amide bonds. The van der Waals surface area contributed by atoms with Gasteiger partial charge in [0.25, 0.3) is 0 Å². The van der Waals surface area contributed by atoms with Crippen molar-refractivity contribution in [2.45, 2.75) is 43.9 Å². The first kappa shape index (κ1) is 13.5. The Kier molecular flexibility index (Phi) is 4.40. The Morgan fingerprint density at radius 2 is 2.39 bits per heavy atom. The summed E-state index contributed by atoms with van der Waals surface area (Å²) in [6.07, 6.45) is 6.69. The Morgan fingerprint density at radius 3 is 3.00 bits per heavy atom. The van der Waals surface area contributed by atoms with E-state index in [2.05, 4.69) is 15.3 Å². The monoisotopic (exact) mass is 271 g/mol. The molecule has 1 aromatic rings. The summed E-state index contributed by atoms with van der Waals surface area (Å²) in [7, 11) is -2.95. The number of nitrogens with one attached hydrogen (secondary N) is 2. The van der Waals surface area contributed by atoms with Crippen LogP contribution >= 0.6 is 0 Å². The minimum Gasteiger partial charge on any atom is -0.349 e. The molecular weight excluding hydrogens is 250 g/mol. The van der Waals surface area contributed by atoms with Crippen molar-refractivity contribution in [3.05, 3.63) is 18.2 Å². The lowest BCUT2D eigenvalue weighted by molar-refractivity contribution is 0.436. The van der Waals surface area contributed by atoms with Crippen LogP contribution in [0, 0.1) is 0 Å². The normalized spacial score (nSPS) is 24.8. The lowest BCUT2D eigenvalue weighted by Crippen LogP contribution is -2.48. The second-order valence-corrected chi connectivity index (χ2v) is 7.14. The van der Waals surface area contributed by atoms with Crippen LogP contribution < -0.4 is 5.32 Å². The van der Waals surface area contributed by atoms with Crippen molar-refractivity contribution in [3.8, 4) is 0 Å². The molecule has 0 bridgehead atoms. The average molecular weight is 271 g/mol. The van der Waals surface area contributed by atoms with Gasteiger partial charge in [0.15, 0.2) is 9.84 Å². The Hall–Kier alpha value is -0.880. The highest BCUT2D eigenvalue weighted by atomic mass is 32.2. The highest BCUT2D eigenvalue weighted by Crippen LogP contribution is 2.23. The average Bonchev–Trinajstić information content (AvgIpc) is 2.81. The third-order valence-corrected chi connectivity index (χ3v) is 5.86. The van der Waals surface area contributed by atoms with Crippen LogP contribution in [0.15, 0.2) is 12.4 Å². The van der Waals surface area contributed by atoms with Gasteiger partial charge in [0, 0.05) is 24.9 Å².